The maximum Gasteiger partial charge on any atom is 0.316 e. The molecule has 0 radical (unpaired) electrons. The number of esters is 1. The van der Waals surface area contributed by atoms with E-state index in [1.165, 1.54) is 23.5 Å². The van der Waals surface area contributed by atoms with Crippen molar-refractivity contribution < 1.29 is 19.4 Å². The van der Waals surface area contributed by atoms with E-state index in [9.17, 15) is 9.59 Å². The summed E-state index contributed by atoms with van der Waals surface area (Å²) in [5, 5.41) is 8.14. The number of hydrogen-bond acceptors (Lipinski definition) is 5. The van der Waals surface area contributed by atoms with E-state index in [-0.39, 0.29) is 11.2 Å². The summed E-state index contributed by atoms with van der Waals surface area (Å²) in [6.45, 7) is 4.16. The van der Waals surface area contributed by atoms with Crippen molar-refractivity contribution in [1.29, 1.82) is 0 Å². The van der Waals surface area contributed by atoms with Crippen LogP contribution in [-0.2, 0) is 14.3 Å². The number of ether oxygens (including phenoxy) is 1. The topological polar surface area (TPSA) is 63.6 Å². The van der Waals surface area contributed by atoms with Crippen LogP contribution in [0.1, 0.15) is 20.3 Å². The molecule has 96 valence electrons. The van der Waals surface area contributed by atoms with Crippen LogP contribution in [0.5, 0.6) is 0 Å². The van der Waals surface area contributed by atoms with Crippen LogP contribution >= 0.6 is 23.5 Å². The van der Waals surface area contributed by atoms with Gasteiger partial charge in [-0.15, -0.1) is 0 Å². The van der Waals surface area contributed by atoms with Gasteiger partial charge >= 0.3 is 11.9 Å². The number of carbonyl (C=O) groups excluding carboxylic acids is 1. The van der Waals surface area contributed by atoms with Crippen LogP contribution in [0.15, 0.2) is 0 Å². The number of hydrogen-bond donors (Lipinski definition) is 1. The monoisotopic (exact) mass is 268 g/mol. The zero-order chi connectivity index (χ0) is 13.0. The summed E-state index contributed by atoms with van der Waals surface area (Å²) in [6.07, 6.45) is 4.38. The molecule has 0 aromatic rings. The zero-order valence-corrected chi connectivity index (χ0v) is 11.8. The van der Waals surface area contributed by atoms with Crippen molar-refractivity contribution in [2.24, 2.45) is 0 Å². The first-order valence-electron chi connectivity index (χ1n) is 4.93. The molecule has 0 aliphatic heterocycles. The lowest BCUT2D eigenvalue weighted by molar-refractivity contribution is -0.140. The fourth-order valence-electron chi connectivity index (χ4n) is 0.763. The van der Waals surface area contributed by atoms with Gasteiger partial charge in [0, 0.05) is 0 Å². The zero-order valence-electron chi connectivity index (χ0n) is 10.2. The number of carboxylic acid groups (broad SMARTS) is 1. The number of thioether (sulfide) groups is 2. The minimum Gasteiger partial charge on any atom is -0.480 e. The molecule has 4 nitrogen and oxygen atoms in total. The first-order chi connectivity index (χ1) is 7.53. The van der Waals surface area contributed by atoms with E-state index in [1.54, 1.807) is 6.92 Å². The molecule has 1 atom stereocenters. The Labute approximate surface area is 106 Å². The maximum atomic E-state index is 10.4. The second-order valence-electron chi connectivity index (χ2n) is 2.71. The summed E-state index contributed by atoms with van der Waals surface area (Å²) in [6, 6.07) is 0. The highest BCUT2D eigenvalue weighted by molar-refractivity contribution is 7.99. The Morgan fingerprint density at radius 3 is 2.06 bits per heavy atom. The summed E-state index contributed by atoms with van der Waals surface area (Å²) in [4.78, 5) is 20.5. The average Bonchev–Trinajstić information content (AvgIpc) is 2.20. The molecule has 16 heavy (non-hydrogen) atoms. The molecule has 0 bridgehead atoms. The molecule has 0 aromatic carbocycles. The Kier molecular flexibility index (Phi) is 14.3. The fraction of sp³-hybridized carbons (Fsp3) is 0.800. The largest absolute Gasteiger partial charge is 0.480 e. The molecule has 0 saturated heterocycles. The summed E-state index contributed by atoms with van der Waals surface area (Å²) in [5.74, 6) is -0.367. The highest BCUT2D eigenvalue weighted by atomic mass is 32.2. The van der Waals surface area contributed by atoms with Gasteiger partial charge in [0.15, 0.2) is 0 Å². The van der Waals surface area contributed by atoms with Crippen molar-refractivity contribution in [1.82, 2.24) is 0 Å². The molecule has 6 heteroatoms. The number of carbonyl (C=O) groups is 2. The summed E-state index contributed by atoms with van der Waals surface area (Å²) < 4.78 is 4.62. The number of carboxylic acids is 1. The molecular formula is C10H20O4S2. The first-order valence-corrected chi connectivity index (χ1v) is 7.61. The minimum atomic E-state index is -0.708. The Balaban J connectivity index is 0. The molecule has 1 unspecified atom stereocenters. The van der Waals surface area contributed by atoms with E-state index in [0.717, 1.165) is 0 Å². The third-order valence-electron chi connectivity index (χ3n) is 1.50. The highest BCUT2D eigenvalue weighted by Crippen LogP contribution is 2.09. The Hall–Kier alpha value is -0.360. The van der Waals surface area contributed by atoms with Crippen molar-refractivity contribution in [3.8, 4) is 0 Å². The van der Waals surface area contributed by atoms with Crippen molar-refractivity contribution in [2.75, 3.05) is 24.9 Å². The van der Waals surface area contributed by atoms with Gasteiger partial charge in [-0.2, -0.15) is 23.5 Å². The van der Waals surface area contributed by atoms with E-state index in [2.05, 4.69) is 4.74 Å². The highest BCUT2D eigenvalue weighted by Gasteiger charge is 2.11. The third-order valence-corrected chi connectivity index (χ3v) is 3.13. The normalized spacial score (nSPS) is 11.0. The fourth-order valence-corrected chi connectivity index (χ4v) is 1.62. The SMILES string of the molecule is CCC(SC)C(=O)O.CCOC(=O)CSC. The average molecular weight is 268 g/mol. The molecule has 1 N–H and O–H groups in total. The van der Waals surface area contributed by atoms with Crippen molar-refractivity contribution in [2.45, 2.75) is 25.5 Å². The van der Waals surface area contributed by atoms with Gasteiger partial charge in [-0.25, -0.2) is 0 Å². The molecular weight excluding hydrogens is 248 g/mol. The molecule has 0 aromatic heterocycles. The molecule has 0 heterocycles. The first kappa shape index (κ1) is 18.0. The van der Waals surface area contributed by atoms with Crippen LogP contribution in [0, 0.1) is 0 Å². The van der Waals surface area contributed by atoms with Crippen LogP contribution in [-0.4, -0.2) is 47.2 Å². The van der Waals surface area contributed by atoms with E-state index < -0.39 is 5.97 Å². The predicted octanol–water partition coefficient (Wildman–Crippen LogP) is 2.13. The van der Waals surface area contributed by atoms with E-state index in [4.69, 9.17) is 5.11 Å². The lowest BCUT2D eigenvalue weighted by atomic mass is 10.3. The molecule has 0 aliphatic carbocycles. The van der Waals surface area contributed by atoms with Gasteiger partial charge in [0.1, 0.15) is 5.25 Å². The number of aliphatic carboxylic acids is 1. The van der Waals surface area contributed by atoms with Gasteiger partial charge < -0.3 is 9.84 Å². The summed E-state index contributed by atoms with van der Waals surface area (Å²) in [5.41, 5.74) is 0. The van der Waals surface area contributed by atoms with Crippen LogP contribution in [0.3, 0.4) is 0 Å². The molecule has 0 saturated carbocycles. The maximum absolute atomic E-state index is 10.4. The second-order valence-corrected chi connectivity index (χ2v) is 4.62. The quantitative estimate of drug-likeness (QED) is 0.745. The van der Waals surface area contributed by atoms with Gasteiger partial charge in [-0.05, 0) is 25.9 Å². The van der Waals surface area contributed by atoms with Gasteiger partial charge in [-0.3, -0.25) is 9.59 Å². The van der Waals surface area contributed by atoms with Crippen LogP contribution in [0.4, 0.5) is 0 Å². The van der Waals surface area contributed by atoms with Gasteiger partial charge in [0.05, 0.1) is 12.4 Å². The Morgan fingerprint density at radius 2 is 1.88 bits per heavy atom. The van der Waals surface area contributed by atoms with E-state index >= 15 is 0 Å². The van der Waals surface area contributed by atoms with Gasteiger partial charge in [0.25, 0.3) is 0 Å². The summed E-state index contributed by atoms with van der Waals surface area (Å²) in [7, 11) is 0. The molecule has 0 fully saturated rings. The molecule has 0 rings (SSSR count). The Morgan fingerprint density at radius 1 is 1.31 bits per heavy atom. The van der Waals surface area contributed by atoms with E-state index in [0.29, 0.717) is 18.8 Å². The smallest absolute Gasteiger partial charge is 0.316 e. The van der Waals surface area contributed by atoms with Crippen LogP contribution in [0.2, 0.25) is 0 Å². The predicted molar refractivity (Wildman–Crippen MR) is 70.2 cm³/mol. The van der Waals surface area contributed by atoms with Gasteiger partial charge in [0.2, 0.25) is 0 Å². The van der Waals surface area contributed by atoms with E-state index in [1.807, 2.05) is 19.4 Å². The molecule has 0 amide bonds. The lowest BCUT2D eigenvalue weighted by Crippen LogP contribution is -2.13. The van der Waals surface area contributed by atoms with Crippen molar-refractivity contribution in [3.63, 3.8) is 0 Å². The lowest BCUT2D eigenvalue weighted by Gasteiger charge is -2.02. The van der Waals surface area contributed by atoms with Gasteiger partial charge in [-0.1, -0.05) is 6.92 Å². The number of rotatable bonds is 6. The van der Waals surface area contributed by atoms with Crippen LogP contribution < -0.4 is 0 Å². The standard InChI is InChI=1S/2C5H10O2S/c1-3-7-5(6)4-8-2;1-3-4(8-2)5(6)7/h3-4H2,1-2H3;4H,3H2,1-2H3,(H,6,7). The Bertz CT molecular complexity index is 183. The van der Waals surface area contributed by atoms with Crippen LogP contribution in [0.25, 0.3) is 0 Å². The third kappa shape index (κ3) is 11.7. The van der Waals surface area contributed by atoms with Crippen molar-refractivity contribution >= 4 is 35.5 Å². The second kappa shape index (κ2) is 12.7. The minimum absolute atomic E-state index is 0.125. The van der Waals surface area contributed by atoms with Crippen molar-refractivity contribution in [3.05, 3.63) is 0 Å². The molecule has 0 aliphatic rings. The molecule has 0 spiro atoms. The summed E-state index contributed by atoms with van der Waals surface area (Å²) >= 11 is 2.85.